The van der Waals surface area contributed by atoms with E-state index in [-0.39, 0.29) is 29.3 Å². The Morgan fingerprint density at radius 1 is 0.800 bits per heavy atom. The maximum atomic E-state index is 14.4. The molecule has 244 valence electrons. The van der Waals surface area contributed by atoms with Crippen LogP contribution in [0.15, 0.2) is 71.6 Å². The van der Waals surface area contributed by atoms with Gasteiger partial charge in [0.2, 0.25) is 0 Å². The molecule has 2 aliphatic rings. The van der Waals surface area contributed by atoms with Gasteiger partial charge in [-0.3, -0.25) is 4.90 Å². The van der Waals surface area contributed by atoms with Gasteiger partial charge in [-0.2, -0.15) is 26.3 Å². The first-order valence-electron chi connectivity index (χ1n) is 13.8. The SMILES string of the molecule is O=S(=O)(c1ccc(F)cc1)C1(c2ccc(C(OCc3c(F)cccc3F)(C(F)(F)F)C(F)(F)F)cc2)CC(N2CCNCC2)C1. The number of nitrogens with zero attached hydrogens (tertiary/aromatic N) is 1. The van der Waals surface area contributed by atoms with Crippen LogP contribution in [0, 0.1) is 17.5 Å². The van der Waals surface area contributed by atoms with Gasteiger partial charge in [0.05, 0.1) is 11.5 Å². The molecule has 5 nitrogen and oxygen atoms in total. The van der Waals surface area contributed by atoms with Gasteiger partial charge in [0.15, 0.2) is 9.84 Å². The molecule has 45 heavy (non-hydrogen) atoms. The molecule has 1 aliphatic heterocycles. The van der Waals surface area contributed by atoms with E-state index >= 15 is 0 Å². The lowest BCUT2D eigenvalue weighted by molar-refractivity contribution is -0.392. The number of sulfone groups is 1. The lowest BCUT2D eigenvalue weighted by atomic mass is 9.73. The van der Waals surface area contributed by atoms with Crippen molar-refractivity contribution in [3.05, 3.63) is 101 Å². The standard InChI is InChI=1S/C30H27F9N2O3S/c31-21-8-10-23(11-9-21)45(42,43)27(16-22(17-27)41-14-12-40-13-15-41)19-4-6-20(7-5-19)28(29(34,35)36,30(37,38)39)44-18-24-25(32)2-1-3-26(24)33/h1-11,22,40H,12-18H2. The van der Waals surface area contributed by atoms with Crippen LogP contribution in [0.1, 0.15) is 29.5 Å². The van der Waals surface area contributed by atoms with Crippen LogP contribution in [0.2, 0.25) is 0 Å². The highest BCUT2D eigenvalue weighted by molar-refractivity contribution is 7.92. The molecule has 0 atom stereocenters. The van der Waals surface area contributed by atoms with E-state index in [4.69, 9.17) is 0 Å². The number of halogens is 9. The highest BCUT2D eigenvalue weighted by Gasteiger charge is 2.73. The fourth-order valence-electron chi connectivity index (χ4n) is 6.05. The molecular weight excluding hydrogens is 639 g/mol. The summed E-state index contributed by atoms with van der Waals surface area (Å²) < 4.78 is 159. The first-order valence-corrected chi connectivity index (χ1v) is 15.3. The summed E-state index contributed by atoms with van der Waals surface area (Å²) in [6.07, 6.45) is -12.3. The summed E-state index contributed by atoms with van der Waals surface area (Å²) >= 11 is 0. The molecule has 0 spiro atoms. The van der Waals surface area contributed by atoms with Crippen LogP contribution >= 0.6 is 0 Å². The zero-order valence-corrected chi connectivity index (χ0v) is 24.2. The van der Waals surface area contributed by atoms with E-state index in [0.717, 1.165) is 42.5 Å². The molecule has 0 radical (unpaired) electrons. The molecule has 1 saturated carbocycles. The minimum absolute atomic E-state index is 0.0151. The summed E-state index contributed by atoms with van der Waals surface area (Å²) in [6, 6.07) is 8.59. The van der Waals surface area contributed by atoms with Gasteiger partial charge in [-0.1, -0.05) is 30.3 Å². The van der Waals surface area contributed by atoms with Crippen LogP contribution in [-0.4, -0.2) is 57.9 Å². The fourth-order valence-corrected chi connectivity index (χ4v) is 8.27. The van der Waals surface area contributed by atoms with Crippen molar-refractivity contribution in [1.29, 1.82) is 0 Å². The summed E-state index contributed by atoms with van der Waals surface area (Å²) in [6.45, 7) is 0.799. The predicted octanol–water partition coefficient (Wildman–Crippen LogP) is 6.38. The Kier molecular flexibility index (Phi) is 8.79. The van der Waals surface area contributed by atoms with Crippen molar-refractivity contribution in [2.45, 2.75) is 53.1 Å². The Bertz CT molecular complexity index is 1580. The summed E-state index contributed by atoms with van der Waals surface area (Å²) in [4.78, 5) is 1.79. The van der Waals surface area contributed by atoms with E-state index in [1.165, 1.54) is 0 Å². The second-order valence-corrected chi connectivity index (χ2v) is 13.3. The largest absolute Gasteiger partial charge is 0.430 e. The van der Waals surface area contributed by atoms with E-state index in [0.29, 0.717) is 50.4 Å². The van der Waals surface area contributed by atoms with Crippen molar-refractivity contribution in [3.63, 3.8) is 0 Å². The minimum atomic E-state index is -6.16. The number of ether oxygens (including phenoxy) is 1. The van der Waals surface area contributed by atoms with Gasteiger partial charge in [-0.25, -0.2) is 21.6 Å². The van der Waals surface area contributed by atoms with Gasteiger partial charge in [-0.05, 0) is 54.8 Å². The average molecular weight is 667 g/mol. The number of hydrogen-bond donors (Lipinski definition) is 1. The smallest absolute Gasteiger partial charge is 0.349 e. The molecule has 1 aliphatic carbocycles. The van der Waals surface area contributed by atoms with E-state index < -0.39 is 67.7 Å². The van der Waals surface area contributed by atoms with Crippen molar-refractivity contribution >= 4 is 9.84 Å². The number of alkyl halides is 6. The Balaban J connectivity index is 1.57. The van der Waals surface area contributed by atoms with Gasteiger partial charge < -0.3 is 10.1 Å². The third-order valence-electron chi connectivity index (χ3n) is 8.55. The van der Waals surface area contributed by atoms with Crippen molar-refractivity contribution in [2.75, 3.05) is 26.2 Å². The second kappa shape index (κ2) is 11.9. The molecule has 5 rings (SSSR count). The quantitative estimate of drug-likeness (QED) is 0.224. The van der Waals surface area contributed by atoms with Gasteiger partial charge in [0.25, 0.3) is 5.60 Å². The lowest BCUT2D eigenvalue weighted by Gasteiger charge is -2.52. The van der Waals surface area contributed by atoms with E-state index in [9.17, 15) is 47.9 Å². The second-order valence-electron chi connectivity index (χ2n) is 11.0. The summed E-state index contributed by atoms with van der Waals surface area (Å²) in [5.74, 6) is -3.51. The lowest BCUT2D eigenvalue weighted by Crippen LogP contribution is -2.60. The maximum Gasteiger partial charge on any atom is 0.430 e. The normalized spacial score (nSPS) is 21.8. The molecule has 1 N–H and O–H groups in total. The fraction of sp³-hybridized carbons (Fsp3) is 0.400. The van der Waals surface area contributed by atoms with Crippen LogP contribution in [0.4, 0.5) is 39.5 Å². The molecule has 0 bridgehead atoms. The van der Waals surface area contributed by atoms with Crippen molar-refractivity contribution < 1.29 is 52.7 Å². The molecular formula is C30H27F9N2O3S. The van der Waals surface area contributed by atoms with Gasteiger partial charge in [-0.15, -0.1) is 0 Å². The molecule has 0 aromatic heterocycles. The Morgan fingerprint density at radius 2 is 1.33 bits per heavy atom. The molecule has 1 heterocycles. The number of hydrogen-bond acceptors (Lipinski definition) is 5. The van der Waals surface area contributed by atoms with Crippen molar-refractivity contribution in [1.82, 2.24) is 10.2 Å². The Morgan fingerprint density at radius 3 is 1.84 bits per heavy atom. The topological polar surface area (TPSA) is 58.6 Å². The zero-order chi connectivity index (χ0) is 32.8. The number of rotatable bonds is 8. The molecule has 0 amide bonds. The molecule has 15 heteroatoms. The van der Waals surface area contributed by atoms with E-state index in [1.54, 1.807) is 0 Å². The molecule has 3 aromatic carbocycles. The zero-order valence-electron chi connectivity index (χ0n) is 23.4. The average Bonchev–Trinajstić information content (AvgIpc) is 2.94. The Hall–Kier alpha value is -3.14. The third-order valence-corrected chi connectivity index (χ3v) is 11.0. The van der Waals surface area contributed by atoms with Gasteiger partial charge in [0.1, 0.15) is 22.2 Å². The number of piperazine rings is 1. The molecule has 3 aromatic rings. The molecule has 0 unspecified atom stereocenters. The Labute approximate surface area is 252 Å². The first-order chi connectivity index (χ1) is 21.0. The summed E-state index contributed by atoms with van der Waals surface area (Å²) in [7, 11) is -4.33. The van der Waals surface area contributed by atoms with Crippen LogP contribution in [-0.2, 0) is 31.5 Å². The molecule has 1 saturated heterocycles. The predicted molar refractivity (Wildman–Crippen MR) is 144 cm³/mol. The van der Waals surface area contributed by atoms with Crippen LogP contribution in [0.25, 0.3) is 0 Å². The van der Waals surface area contributed by atoms with Gasteiger partial charge >= 0.3 is 12.4 Å². The number of nitrogens with one attached hydrogen (secondary N) is 1. The highest BCUT2D eigenvalue weighted by atomic mass is 32.2. The molecule has 2 fully saturated rings. The van der Waals surface area contributed by atoms with E-state index in [1.807, 2.05) is 0 Å². The monoisotopic (exact) mass is 666 g/mol. The minimum Gasteiger partial charge on any atom is -0.349 e. The first kappa shape index (κ1) is 33.2. The summed E-state index contributed by atoms with van der Waals surface area (Å²) in [5.41, 5.74) is -7.68. The van der Waals surface area contributed by atoms with Crippen LogP contribution in [0.3, 0.4) is 0 Å². The van der Waals surface area contributed by atoms with Crippen LogP contribution < -0.4 is 5.32 Å². The van der Waals surface area contributed by atoms with Gasteiger partial charge in [0, 0.05) is 43.3 Å². The van der Waals surface area contributed by atoms with Crippen molar-refractivity contribution in [2.24, 2.45) is 0 Å². The highest BCUT2D eigenvalue weighted by Crippen LogP contribution is 2.56. The number of benzene rings is 3. The van der Waals surface area contributed by atoms with Crippen LogP contribution in [0.5, 0.6) is 0 Å². The maximum absolute atomic E-state index is 14.4. The summed E-state index contributed by atoms with van der Waals surface area (Å²) in [5, 5.41) is 3.17. The third kappa shape index (κ3) is 5.72. The van der Waals surface area contributed by atoms with E-state index in [2.05, 4.69) is 15.0 Å². The van der Waals surface area contributed by atoms with Crippen molar-refractivity contribution in [3.8, 4) is 0 Å².